The Hall–Kier alpha value is -0.450. The van der Waals surface area contributed by atoms with Gasteiger partial charge in [0.15, 0.2) is 0 Å². The SMILES string of the molecule is CC(C)(C)NCC1(Cc2cc(Br)ccc2F)CCOC1. The molecule has 1 N–H and O–H groups in total. The van der Waals surface area contributed by atoms with Gasteiger partial charge in [0, 0.05) is 28.6 Å². The maximum Gasteiger partial charge on any atom is 0.126 e. The highest BCUT2D eigenvalue weighted by atomic mass is 79.9. The summed E-state index contributed by atoms with van der Waals surface area (Å²) in [5.74, 6) is -0.129. The molecular weight excluding hydrogens is 321 g/mol. The Morgan fingerprint density at radius 2 is 2.15 bits per heavy atom. The molecule has 0 bridgehead atoms. The fourth-order valence-corrected chi connectivity index (χ4v) is 2.93. The van der Waals surface area contributed by atoms with E-state index in [1.807, 2.05) is 6.07 Å². The summed E-state index contributed by atoms with van der Waals surface area (Å²) >= 11 is 3.42. The zero-order valence-corrected chi connectivity index (χ0v) is 14.0. The smallest absolute Gasteiger partial charge is 0.126 e. The summed E-state index contributed by atoms with van der Waals surface area (Å²) in [4.78, 5) is 0. The van der Waals surface area contributed by atoms with Crippen molar-refractivity contribution in [1.29, 1.82) is 0 Å². The molecule has 0 amide bonds. The molecule has 4 heteroatoms. The van der Waals surface area contributed by atoms with Crippen LogP contribution in [0, 0.1) is 11.2 Å². The third kappa shape index (κ3) is 4.27. The number of halogens is 2. The Balaban J connectivity index is 2.14. The standard InChI is InChI=1S/C16H23BrFNO/c1-15(2,3)19-10-16(6-7-20-11-16)9-12-8-13(17)4-5-14(12)18/h4-5,8,19H,6-7,9-11H2,1-3H3. The molecule has 20 heavy (non-hydrogen) atoms. The van der Waals surface area contributed by atoms with E-state index in [1.54, 1.807) is 6.07 Å². The Bertz CT molecular complexity index is 464. The Labute approximate surface area is 129 Å². The lowest BCUT2D eigenvalue weighted by molar-refractivity contribution is 0.143. The third-order valence-corrected chi connectivity index (χ3v) is 4.25. The lowest BCUT2D eigenvalue weighted by Gasteiger charge is -2.32. The van der Waals surface area contributed by atoms with Crippen molar-refractivity contribution in [3.05, 3.63) is 34.1 Å². The molecule has 1 heterocycles. The predicted molar refractivity (Wildman–Crippen MR) is 83.4 cm³/mol. The van der Waals surface area contributed by atoms with E-state index < -0.39 is 0 Å². The van der Waals surface area contributed by atoms with Gasteiger partial charge < -0.3 is 10.1 Å². The normalized spacial score (nSPS) is 23.2. The fraction of sp³-hybridized carbons (Fsp3) is 0.625. The Morgan fingerprint density at radius 3 is 2.75 bits per heavy atom. The van der Waals surface area contributed by atoms with Crippen LogP contribution in [-0.4, -0.2) is 25.3 Å². The first-order chi connectivity index (χ1) is 9.30. The average molecular weight is 344 g/mol. The lowest BCUT2D eigenvalue weighted by atomic mass is 9.80. The third-order valence-electron chi connectivity index (χ3n) is 3.75. The van der Waals surface area contributed by atoms with Gasteiger partial charge in [0.2, 0.25) is 0 Å². The first-order valence-electron chi connectivity index (χ1n) is 7.06. The molecule has 1 aromatic rings. The minimum absolute atomic E-state index is 0.00505. The van der Waals surface area contributed by atoms with Crippen LogP contribution in [0.25, 0.3) is 0 Å². The van der Waals surface area contributed by atoms with Crippen molar-refractivity contribution < 1.29 is 9.13 Å². The summed E-state index contributed by atoms with van der Waals surface area (Å²) in [5.41, 5.74) is 0.820. The molecule has 1 saturated heterocycles. The summed E-state index contributed by atoms with van der Waals surface area (Å²) < 4.78 is 20.5. The number of ether oxygens (including phenoxy) is 1. The second kappa shape index (κ2) is 6.12. The van der Waals surface area contributed by atoms with Crippen molar-refractivity contribution in [2.45, 2.75) is 39.2 Å². The summed E-state index contributed by atoms with van der Waals surface area (Å²) in [6.07, 6.45) is 1.68. The maximum absolute atomic E-state index is 14.0. The molecule has 1 fully saturated rings. The number of benzene rings is 1. The monoisotopic (exact) mass is 343 g/mol. The van der Waals surface area contributed by atoms with Gasteiger partial charge in [-0.15, -0.1) is 0 Å². The molecule has 2 nitrogen and oxygen atoms in total. The van der Waals surface area contributed by atoms with Crippen LogP contribution in [0.5, 0.6) is 0 Å². The second-order valence-electron chi connectivity index (χ2n) is 6.82. The van der Waals surface area contributed by atoms with E-state index in [2.05, 4.69) is 42.0 Å². The molecule has 0 saturated carbocycles. The molecule has 0 spiro atoms. The van der Waals surface area contributed by atoms with E-state index in [9.17, 15) is 4.39 Å². The molecule has 112 valence electrons. The highest BCUT2D eigenvalue weighted by Gasteiger charge is 2.36. The van der Waals surface area contributed by atoms with E-state index in [4.69, 9.17) is 4.74 Å². The molecule has 0 aromatic heterocycles. The first-order valence-corrected chi connectivity index (χ1v) is 7.86. The van der Waals surface area contributed by atoms with Crippen LogP contribution < -0.4 is 5.32 Å². The van der Waals surface area contributed by atoms with Crippen molar-refractivity contribution in [3.63, 3.8) is 0 Å². The van der Waals surface area contributed by atoms with Crippen molar-refractivity contribution in [2.24, 2.45) is 5.41 Å². The molecule has 1 aliphatic heterocycles. The Kier molecular flexibility index (Phi) is 4.88. The highest BCUT2D eigenvalue weighted by molar-refractivity contribution is 9.10. The zero-order chi connectivity index (χ0) is 14.8. The summed E-state index contributed by atoms with van der Waals surface area (Å²) in [6.45, 7) is 8.76. The summed E-state index contributed by atoms with van der Waals surface area (Å²) in [6, 6.07) is 5.15. The van der Waals surface area contributed by atoms with Crippen LogP contribution in [0.4, 0.5) is 4.39 Å². The van der Waals surface area contributed by atoms with E-state index in [0.717, 1.165) is 29.6 Å². The zero-order valence-electron chi connectivity index (χ0n) is 12.4. The Morgan fingerprint density at radius 1 is 1.40 bits per heavy atom. The highest BCUT2D eigenvalue weighted by Crippen LogP contribution is 2.34. The second-order valence-corrected chi connectivity index (χ2v) is 7.73. The van der Waals surface area contributed by atoms with Crippen LogP contribution in [-0.2, 0) is 11.2 Å². The van der Waals surface area contributed by atoms with Gasteiger partial charge in [-0.1, -0.05) is 15.9 Å². The van der Waals surface area contributed by atoms with Gasteiger partial charge in [0.25, 0.3) is 0 Å². The van der Waals surface area contributed by atoms with E-state index >= 15 is 0 Å². The van der Waals surface area contributed by atoms with Crippen molar-refractivity contribution in [1.82, 2.24) is 5.32 Å². The van der Waals surface area contributed by atoms with Crippen LogP contribution in [0.1, 0.15) is 32.8 Å². The minimum atomic E-state index is -0.129. The molecule has 1 aliphatic rings. The van der Waals surface area contributed by atoms with Gasteiger partial charge in [-0.05, 0) is 57.4 Å². The lowest BCUT2D eigenvalue weighted by Crippen LogP contribution is -2.45. The number of hydrogen-bond acceptors (Lipinski definition) is 2. The van der Waals surface area contributed by atoms with Crippen molar-refractivity contribution in [3.8, 4) is 0 Å². The van der Waals surface area contributed by atoms with Crippen LogP contribution >= 0.6 is 15.9 Å². The summed E-state index contributed by atoms with van der Waals surface area (Å²) in [7, 11) is 0. The van der Waals surface area contributed by atoms with Gasteiger partial charge in [-0.3, -0.25) is 0 Å². The summed E-state index contributed by atoms with van der Waals surface area (Å²) in [5, 5.41) is 3.54. The fourth-order valence-electron chi connectivity index (χ4n) is 2.53. The van der Waals surface area contributed by atoms with Gasteiger partial charge in [0.1, 0.15) is 5.82 Å². The van der Waals surface area contributed by atoms with Gasteiger partial charge in [-0.25, -0.2) is 4.39 Å². The quantitative estimate of drug-likeness (QED) is 0.894. The molecule has 0 radical (unpaired) electrons. The minimum Gasteiger partial charge on any atom is -0.381 e. The number of nitrogens with one attached hydrogen (secondary N) is 1. The van der Waals surface area contributed by atoms with Gasteiger partial charge in [0.05, 0.1) is 6.61 Å². The molecule has 1 atom stereocenters. The van der Waals surface area contributed by atoms with Crippen molar-refractivity contribution in [2.75, 3.05) is 19.8 Å². The predicted octanol–water partition coefficient (Wildman–Crippen LogP) is 3.93. The van der Waals surface area contributed by atoms with E-state index in [-0.39, 0.29) is 16.8 Å². The van der Waals surface area contributed by atoms with Gasteiger partial charge in [-0.2, -0.15) is 0 Å². The largest absolute Gasteiger partial charge is 0.381 e. The molecular formula is C16H23BrFNO. The van der Waals surface area contributed by atoms with Crippen molar-refractivity contribution >= 4 is 15.9 Å². The van der Waals surface area contributed by atoms with E-state index in [1.165, 1.54) is 6.07 Å². The maximum atomic E-state index is 14.0. The topological polar surface area (TPSA) is 21.3 Å². The van der Waals surface area contributed by atoms with Crippen LogP contribution in [0.3, 0.4) is 0 Å². The average Bonchev–Trinajstić information content (AvgIpc) is 2.80. The number of rotatable bonds is 4. The van der Waals surface area contributed by atoms with Gasteiger partial charge >= 0.3 is 0 Å². The van der Waals surface area contributed by atoms with Crippen LogP contribution in [0.15, 0.2) is 22.7 Å². The molecule has 0 aliphatic carbocycles. The van der Waals surface area contributed by atoms with E-state index in [0.29, 0.717) is 13.0 Å². The molecule has 2 rings (SSSR count). The van der Waals surface area contributed by atoms with Crippen LogP contribution in [0.2, 0.25) is 0 Å². The number of hydrogen-bond donors (Lipinski definition) is 1. The molecule has 1 aromatic carbocycles. The first kappa shape index (κ1) is 15.9. The molecule has 1 unspecified atom stereocenters.